The molecule has 0 saturated heterocycles. The predicted molar refractivity (Wildman–Crippen MR) is 133 cm³/mol. The summed E-state index contributed by atoms with van der Waals surface area (Å²) in [6.07, 6.45) is 0.582. The van der Waals surface area contributed by atoms with Gasteiger partial charge in [0.05, 0.1) is 11.8 Å². The number of nitrogens with zero attached hydrogens (tertiary/aromatic N) is 3. The second-order valence-corrected chi connectivity index (χ2v) is 9.01. The van der Waals surface area contributed by atoms with Crippen molar-refractivity contribution in [3.8, 4) is 0 Å². The number of aromatic nitrogens is 3. The minimum absolute atomic E-state index is 0.0596. The number of hydrogen-bond donors (Lipinski definition) is 2. The van der Waals surface area contributed by atoms with Gasteiger partial charge in [-0.2, -0.15) is 0 Å². The molecular formula is C25H29N5O3S. The Morgan fingerprint density at radius 3 is 2.44 bits per heavy atom. The van der Waals surface area contributed by atoms with E-state index < -0.39 is 5.25 Å². The Morgan fingerprint density at radius 1 is 1.03 bits per heavy atom. The minimum atomic E-state index is -0.398. The molecule has 2 amide bonds. The van der Waals surface area contributed by atoms with E-state index in [9.17, 15) is 14.4 Å². The van der Waals surface area contributed by atoms with Gasteiger partial charge in [0, 0.05) is 23.4 Å². The molecule has 0 spiro atoms. The normalized spacial score (nSPS) is 11.6. The highest BCUT2D eigenvalue weighted by Gasteiger charge is 2.23. The monoisotopic (exact) mass is 479 g/mol. The third-order valence-electron chi connectivity index (χ3n) is 5.24. The number of benzene rings is 2. The lowest BCUT2D eigenvalue weighted by atomic mass is 10.1. The molecule has 1 aromatic heterocycles. The largest absolute Gasteiger partial charge is 0.345 e. The highest BCUT2D eigenvalue weighted by Crippen LogP contribution is 2.26. The van der Waals surface area contributed by atoms with Crippen molar-refractivity contribution in [2.24, 2.45) is 0 Å². The van der Waals surface area contributed by atoms with Crippen LogP contribution in [0.5, 0.6) is 0 Å². The summed E-state index contributed by atoms with van der Waals surface area (Å²) in [7, 11) is 0. The van der Waals surface area contributed by atoms with Gasteiger partial charge >= 0.3 is 0 Å². The molecule has 1 unspecified atom stereocenters. The van der Waals surface area contributed by atoms with Crippen molar-refractivity contribution >= 4 is 35.0 Å². The zero-order chi connectivity index (χ0) is 24.7. The van der Waals surface area contributed by atoms with Gasteiger partial charge in [0.15, 0.2) is 16.8 Å². The summed E-state index contributed by atoms with van der Waals surface area (Å²) in [6, 6.07) is 14.3. The van der Waals surface area contributed by atoms with Crippen LogP contribution in [0, 0.1) is 6.92 Å². The van der Waals surface area contributed by atoms with Crippen LogP contribution >= 0.6 is 11.8 Å². The van der Waals surface area contributed by atoms with E-state index in [0.29, 0.717) is 40.8 Å². The number of ketones is 1. The average molecular weight is 480 g/mol. The molecule has 0 aliphatic rings. The number of carbonyl (C=O) groups is 3. The molecule has 178 valence electrons. The lowest BCUT2D eigenvalue weighted by molar-refractivity contribution is -0.115. The molecule has 0 aliphatic carbocycles. The molecule has 1 atom stereocenters. The number of nitrogens with one attached hydrogen (secondary N) is 2. The number of aryl methyl sites for hydroxylation is 1. The molecule has 0 bridgehead atoms. The van der Waals surface area contributed by atoms with Crippen molar-refractivity contribution in [3.63, 3.8) is 0 Å². The summed E-state index contributed by atoms with van der Waals surface area (Å²) in [5.41, 5.74) is 2.73. The Balaban J connectivity index is 1.67. The quantitative estimate of drug-likeness (QED) is 0.333. The molecule has 2 N–H and O–H groups in total. The fourth-order valence-electron chi connectivity index (χ4n) is 3.39. The van der Waals surface area contributed by atoms with Crippen molar-refractivity contribution in [3.05, 3.63) is 71.0 Å². The van der Waals surface area contributed by atoms with E-state index in [1.807, 2.05) is 43.5 Å². The molecule has 3 rings (SSSR count). The van der Waals surface area contributed by atoms with Gasteiger partial charge in [0.1, 0.15) is 0 Å². The summed E-state index contributed by atoms with van der Waals surface area (Å²) in [4.78, 5) is 37.0. The van der Waals surface area contributed by atoms with Gasteiger partial charge in [0.25, 0.3) is 5.91 Å². The second-order valence-electron chi connectivity index (χ2n) is 7.84. The van der Waals surface area contributed by atoms with Gasteiger partial charge in [-0.3, -0.25) is 14.4 Å². The van der Waals surface area contributed by atoms with Gasteiger partial charge in [-0.15, -0.1) is 10.2 Å². The standard InChI is InChI=1S/C25H29N5O3S/c1-5-21(24(33)27-20-12-8-10-18(14-20)17(4)31)34-25-29-28-22(30(25)6-2)15-26-23(32)19-11-7-9-16(3)13-19/h7-14,21H,5-6,15H2,1-4H3,(H,26,32)(H,27,33). The van der Waals surface area contributed by atoms with Crippen molar-refractivity contribution < 1.29 is 14.4 Å². The van der Waals surface area contributed by atoms with Crippen LogP contribution in [0.1, 0.15) is 59.3 Å². The third-order valence-corrected chi connectivity index (χ3v) is 6.59. The molecule has 3 aromatic rings. The van der Waals surface area contributed by atoms with Gasteiger partial charge in [0.2, 0.25) is 5.91 Å². The van der Waals surface area contributed by atoms with Crippen LogP contribution in [0.2, 0.25) is 0 Å². The highest BCUT2D eigenvalue weighted by atomic mass is 32.2. The molecule has 8 nitrogen and oxygen atoms in total. The van der Waals surface area contributed by atoms with Gasteiger partial charge in [-0.1, -0.05) is 48.5 Å². The summed E-state index contributed by atoms with van der Waals surface area (Å²) < 4.78 is 1.90. The molecule has 0 radical (unpaired) electrons. The number of anilines is 1. The first-order valence-electron chi connectivity index (χ1n) is 11.2. The molecule has 0 aliphatic heterocycles. The summed E-state index contributed by atoms with van der Waals surface area (Å²) in [6.45, 7) is 8.16. The maximum atomic E-state index is 12.9. The number of Topliss-reactive ketones (excluding diaryl/α,β-unsaturated/α-hetero) is 1. The van der Waals surface area contributed by atoms with Crippen LogP contribution in [0.25, 0.3) is 0 Å². The van der Waals surface area contributed by atoms with Crippen molar-refractivity contribution in [1.29, 1.82) is 0 Å². The van der Waals surface area contributed by atoms with Crippen LogP contribution in [-0.4, -0.2) is 37.6 Å². The second kappa shape index (κ2) is 11.6. The van der Waals surface area contributed by atoms with Crippen molar-refractivity contribution in [2.75, 3.05) is 5.32 Å². The first kappa shape index (κ1) is 25.2. The lowest BCUT2D eigenvalue weighted by Gasteiger charge is -2.15. The van der Waals surface area contributed by atoms with Crippen molar-refractivity contribution in [2.45, 2.75) is 57.6 Å². The number of carbonyl (C=O) groups excluding carboxylic acids is 3. The van der Waals surface area contributed by atoms with E-state index in [-0.39, 0.29) is 24.1 Å². The Labute approximate surface area is 203 Å². The first-order valence-corrected chi connectivity index (χ1v) is 12.1. The molecule has 0 saturated carbocycles. The minimum Gasteiger partial charge on any atom is -0.345 e. The number of amides is 2. The first-order chi connectivity index (χ1) is 16.3. The Kier molecular flexibility index (Phi) is 8.59. The Hall–Kier alpha value is -3.46. The molecule has 2 aromatic carbocycles. The number of hydrogen-bond acceptors (Lipinski definition) is 6. The molecule has 0 fully saturated rings. The van der Waals surface area contributed by atoms with Gasteiger partial charge < -0.3 is 15.2 Å². The predicted octanol–water partition coefficient (Wildman–Crippen LogP) is 4.25. The van der Waals surface area contributed by atoms with E-state index in [0.717, 1.165) is 5.56 Å². The van der Waals surface area contributed by atoms with Crippen LogP contribution in [0.4, 0.5) is 5.69 Å². The van der Waals surface area contributed by atoms with E-state index in [2.05, 4.69) is 20.8 Å². The van der Waals surface area contributed by atoms with Crippen LogP contribution in [0.3, 0.4) is 0 Å². The number of thioether (sulfide) groups is 1. The third kappa shape index (κ3) is 6.32. The maximum Gasteiger partial charge on any atom is 0.251 e. The average Bonchev–Trinajstić information content (AvgIpc) is 3.22. The molecular weight excluding hydrogens is 450 g/mol. The highest BCUT2D eigenvalue weighted by molar-refractivity contribution is 8.00. The summed E-state index contributed by atoms with van der Waals surface area (Å²) in [5, 5.41) is 14.5. The van der Waals surface area contributed by atoms with E-state index >= 15 is 0 Å². The lowest BCUT2D eigenvalue weighted by Crippen LogP contribution is -2.26. The smallest absolute Gasteiger partial charge is 0.251 e. The van der Waals surface area contributed by atoms with E-state index in [4.69, 9.17) is 0 Å². The summed E-state index contributed by atoms with van der Waals surface area (Å²) in [5.74, 6) is 0.210. The van der Waals surface area contributed by atoms with E-state index in [1.165, 1.54) is 18.7 Å². The zero-order valence-electron chi connectivity index (χ0n) is 19.8. The molecule has 1 heterocycles. The molecule has 34 heavy (non-hydrogen) atoms. The fraction of sp³-hybridized carbons (Fsp3) is 0.320. The van der Waals surface area contributed by atoms with Gasteiger partial charge in [-0.05, 0) is 51.5 Å². The van der Waals surface area contributed by atoms with Crippen LogP contribution < -0.4 is 10.6 Å². The fourth-order valence-corrected chi connectivity index (χ4v) is 4.43. The summed E-state index contributed by atoms with van der Waals surface area (Å²) >= 11 is 1.33. The SMILES string of the molecule is CCC(Sc1nnc(CNC(=O)c2cccc(C)c2)n1CC)C(=O)Nc1cccc(C(C)=O)c1. The Morgan fingerprint density at radius 2 is 1.76 bits per heavy atom. The van der Waals surface area contributed by atoms with E-state index in [1.54, 1.807) is 30.3 Å². The zero-order valence-corrected chi connectivity index (χ0v) is 20.6. The maximum absolute atomic E-state index is 12.9. The topological polar surface area (TPSA) is 106 Å². The Bertz CT molecular complexity index is 1190. The van der Waals surface area contributed by atoms with Crippen molar-refractivity contribution in [1.82, 2.24) is 20.1 Å². The van der Waals surface area contributed by atoms with Crippen LogP contribution in [0.15, 0.2) is 53.7 Å². The molecule has 9 heteroatoms. The number of rotatable bonds is 10. The van der Waals surface area contributed by atoms with Gasteiger partial charge in [-0.25, -0.2) is 0 Å². The van der Waals surface area contributed by atoms with Crippen LogP contribution in [-0.2, 0) is 17.9 Å².